The van der Waals surface area contributed by atoms with E-state index in [1.807, 2.05) is 57.0 Å². The molecule has 26 heavy (non-hydrogen) atoms. The van der Waals surface area contributed by atoms with E-state index in [1.54, 1.807) is 0 Å². The summed E-state index contributed by atoms with van der Waals surface area (Å²) in [7, 11) is 1.88. The molecule has 1 heterocycles. The molecule has 0 radical (unpaired) electrons. The first-order valence-electron chi connectivity index (χ1n) is 9.05. The zero-order chi connectivity index (χ0) is 19.3. The second kappa shape index (κ2) is 8.73. The molecule has 1 unspecified atom stereocenters. The summed E-state index contributed by atoms with van der Waals surface area (Å²) in [5, 5.41) is 3.67. The molecule has 1 saturated heterocycles. The van der Waals surface area contributed by atoms with Crippen LogP contribution in [0.5, 0.6) is 0 Å². The number of quaternary nitrogens is 1. The number of halogens is 1. The molecule has 2 N–H and O–H groups in total. The number of hydrogen-bond acceptors (Lipinski definition) is 3. The average molecular weight is 382 g/mol. The highest BCUT2D eigenvalue weighted by Crippen LogP contribution is 2.25. The van der Waals surface area contributed by atoms with E-state index in [2.05, 4.69) is 10.2 Å². The lowest BCUT2D eigenvalue weighted by Gasteiger charge is -2.36. The Morgan fingerprint density at radius 2 is 1.73 bits per heavy atom. The lowest BCUT2D eigenvalue weighted by atomic mass is 10.1. The van der Waals surface area contributed by atoms with Gasteiger partial charge in [0.2, 0.25) is 0 Å². The second-order valence-electron chi connectivity index (χ2n) is 7.93. The zero-order valence-corrected chi connectivity index (χ0v) is 16.9. The Balaban J connectivity index is 1.79. The molecule has 1 aliphatic heterocycles. The molecule has 7 heteroatoms. The summed E-state index contributed by atoms with van der Waals surface area (Å²) in [5.74, 6) is 0.0520. The van der Waals surface area contributed by atoms with E-state index in [1.165, 1.54) is 0 Å². The van der Waals surface area contributed by atoms with Gasteiger partial charge in [-0.25, -0.2) is 0 Å². The van der Waals surface area contributed by atoms with Gasteiger partial charge >= 0.3 is 0 Å². The van der Waals surface area contributed by atoms with Crippen LogP contribution in [0.25, 0.3) is 0 Å². The van der Waals surface area contributed by atoms with Crippen molar-refractivity contribution in [2.45, 2.75) is 26.3 Å². The number of rotatable bonds is 5. The van der Waals surface area contributed by atoms with Gasteiger partial charge in [0.05, 0.1) is 17.8 Å². The molecule has 2 amide bonds. The molecule has 0 aliphatic carbocycles. The Labute approximate surface area is 161 Å². The maximum Gasteiger partial charge on any atom is 0.277 e. The van der Waals surface area contributed by atoms with E-state index < -0.39 is 0 Å². The molecule has 0 spiro atoms. The smallest absolute Gasteiger partial charge is 0.277 e. The zero-order valence-electron chi connectivity index (χ0n) is 16.1. The number of piperazine rings is 1. The third kappa shape index (κ3) is 6.18. The molecular weight excluding hydrogens is 352 g/mol. The van der Waals surface area contributed by atoms with Crippen LogP contribution in [0.2, 0.25) is 5.02 Å². The van der Waals surface area contributed by atoms with Crippen LogP contribution in [0.1, 0.15) is 20.8 Å². The molecule has 0 bridgehead atoms. The van der Waals surface area contributed by atoms with Gasteiger partial charge in [-0.05, 0) is 32.9 Å². The third-order valence-electron chi connectivity index (χ3n) is 4.26. The fourth-order valence-electron chi connectivity index (χ4n) is 3.07. The Morgan fingerprint density at radius 1 is 1.12 bits per heavy atom. The first-order chi connectivity index (χ1) is 12.2. The number of nitrogens with one attached hydrogen (secondary N) is 2. The first kappa shape index (κ1) is 20.5. The van der Waals surface area contributed by atoms with Crippen LogP contribution < -0.4 is 15.1 Å². The molecule has 1 fully saturated rings. The molecule has 2 rings (SSSR count). The van der Waals surface area contributed by atoms with Gasteiger partial charge in [0, 0.05) is 31.7 Å². The summed E-state index contributed by atoms with van der Waals surface area (Å²) < 4.78 is 0. The van der Waals surface area contributed by atoms with E-state index in [-0.39, 0.29) is 17.4 Å². The molecule has 1 atom stereocenters. The van der Waals surface area contributed by atoms with E-state index in [9.17, 15) is 9.59 Å². The number of hydrogen-bond donors (Lipinski definition) is 2. The van der Waals surface area contributed by atoms with E-state index >= 15 is 0 Å². The Bertz CT molecular complexity index is 637. The summed E-state index contributed by atoms with van der Waals surface area (Å²) in [6.45, 7) is 9.33. The maximum atomic E-state index is 12.5. The van der Waals surface area contributed by atoms with Gasteiger partial charge in [-0.1, -0.05) is 23.7 Å². The van der Waals surface area contributed by atoms with Crippen molar-refractivity contribution in [1.82, 2.24) is 10.2 Å². The predicted molar refractivity (Wildman–Crippen MR) is 105 cm³/mol. The van der Waals surface area contributed by atoms with Crippen LogP contribution >= 0.6 is 11.6 Å². The van der Waals surface area contributed by atoms with Crippen molar-refractivity contribution in [2.24, 2.45) is 0 Å². The topological polar surface area (TPSA) is 57.1 Å². The van der Waals surface area contributed by atoms with E-state index in [0.29, 0.717) is 26.2 Å². The average Bonchev–Trinajstić information content (AvgIpc) is 2.53. The van der Waals surface area contributed by atoms with Crippen LogP contribution in [0, 0.1) is 0 Å². The van der Waals surface area contributed by atoms with Gasteiger partial charge in [0.15, 0.2) is 13.1 Å². The monoisotopic (exact) mass is 381 g/mol. The van der Waals surface area contributed by atoms with Crippen molar-refractivity contribution in [3.63, 3.8) is 0 Å². The van der Waals surface area contributed by atoms with Gasteiger partial charge in [-0.2, -0.15) is 0 Å². The van der Waals surface area contributed by atoms with Crippen molar-refractivity contribution < 1.29 is 14.5 Å². The molecule has 1 aromatic rings. The summed E-state index contributed by atoms with van der Waals surface area (Å²) >= 11 is 6.26. The van der Waals surface area contributed by atoms with Crippen molar-refractivity contribution in [3.05, 3.63) is 29.3 Å². The van der Waals surface area contributed by atoms with Crippen LogP contribution in [0.3, 0.4) is 0 Å². The molecule has 1 aliphatic rings. The largest absolute Gasteiger partial charge is 0.367 e. The molecule has 0 aromatic heterocycles. The Hall–Kier alpha value is -1.79. The minimum absolute atomic E-state index is 0.0358. The lowest BCUT2D eigenvalue weighted by molar-refractivity contribution is -0.863. The van der Waals surface area contributed by atoms with Crippen molar-refractivity contribution in [2.75, 3.05) is 51.2 Å². The minimum Gasteiger partial charge on any atom is -0.367 e. The number of para-hydroxylation sites is 1. The highest BCUT2D eigenvalue weighted by atomic mass is 35.5. The minimum atomic E-state index is -0.254. The predicted octanol–water partition coefficient (Wildman–Crippen LogP) is 0.418. The normalized spacial score (nSPS) is 16.3. The van der Waals surface area contributed by atoms with Gasteiger partial charge in [0.25, 0.3) is 11.8 Å². The number of benzene rings is 1. The van der Waals surface area contributed by atoms with Gasteiger partial charge in [-0.15, -0.1) is 0 Å². The Morgan fingerprint density at radius 3 is 2.31 bits per heavy atom. The van der Waals surface area contributed by atoms with Crippen LogP contribution in [-0.4, -0.2) is 68.6 Å². The van der Waals surface area contributed by atoms with Gasteiger partial charge in [-0.3, -0.25) is 9.59 Å². The number of carbonyl (C=O) groups is 2. The number of nitrogens with zero attached hydrogens (tertiary/aromatic N) is 2. The first-order valence-corrected chi connectivity index (χ1v) is 9.43. The van der Waals surface area contributed by atoms with Gasteiger partial charge < -0.3 is 20.0 Å². The number of carbonyl (C=O) groups excluding carboxylic acids is 2. The lowest BCUT2D eigenvalue weighted by Crippen LogP contribution is -3.11. The Kier molecular flexibility index (Phi) is 6.89. The van der Waals surface area contributed by atoms with Crippen molar-refractivity contribution >= 4 is 29.1 Å². The maximum absolute atomic E-state index is 12.5. The third-order valence-corrected chi connectivity index (χ3v) is 4.57. The second-order valence-corrected chi connectivity index (χ2v) is 8.34. The molecule has 144 valence electrons. The quantitative estimate of drug-likeness (QED) is 0.777. The van der Waals surface area contributed by atoms with Gasteiger partial charge in [0.1, 0.15) is 0 Å². The SMILES string of the molecule is C[NH+](CC(=O)NC(C)(C)C)CC(=O)N1CCN(c2ccccc2Cl)CC1. The van der Waals surface area contributed by atoms with Crippen molar-refractivity contribution in [3.8, 4) is 0 Å². The fraction of sp³-hybridized carbons (Fsp3) is 0.579. The summed E-state index contributed by atoms with van der Waals surface area (Å²) in [5.41, 5.74) is 0.763. The van der Waals surface area contributed by atoms with E-state index in [0.717, 1.165) is 28.7 Å². The molecule has 6 nitrogen and oxygen atoms in total. The molecular formula is C19H30ClN4O2+. The number of likely N-dealkylation sites (N-methyl/N-ethyl adjacent to an activating group) is 1. The highest BCUT2D eigenvalue weighted by molar-refractivity contribution is 6.33. The number of anilines is 1. The highest BCUT2D eigenvalue weighted by Gasteiger charge is 2.25. The van der Waals surface area contributed by atoms with Crippen LogP contribution in [-0.2, 0) is 9.59 Å². The molecule has 0 saturated carbocycles. The summed E-state index contributed by atoms with van der Waals surface area (Å²) in [6.07, 6.45) is 0. The van der Waals surface area contributed by atoms with E-state index in [4.69, 9.17) is 11.6 Å². The fourth-order valence-corrected chi connectivity index (χ4v) is 3.33. The summed E-state index contributed by atoms with van der Waals surface area (Å²) in [4.78, 5) is 29.5. The standard InChI is InChI=1S/C19H29ClN4O2/c1-19(2,3)21-17(25)13-22(4)14-18(26)24-11-9-23(10-12-24)16-8-6-5-7-15(16)20/h5-8H,9-14H2,1-4H3,(H,21,25)/p+1. The van der Waals surface area contributed by atoms with Crippen LogP contribution in [0.15, 0.2) is 24.3 Å². The van der Waals surface area contributed by atoms with Crippen LogP contribution in [0.4, 0.5) is 5.69 Å². The summed E-state index contributed by atoms with van der Waals surface area (Å²) in [6, 6.07) is 7.78. The van der Waals surface area contributed by atoms with Crippen molar-refractivity contribution in [1.29, 1.82) is 0 Å². The molecule has 1 aromatic carbocycles. The number of amides is 2.